The number of nitriles is 1. The second-order valence-electron chi connectivity index (χ2n) is 8.16. The third-order valence-electron chi connectivity index (χ3n) is 5.00. The van der Waals surface area contributed by atoms with Crippen LogP contribution in [0.4, 0.5) is 0 Å². The number of carbonyl (C=O) groups excluding carboxylic acids is 1. The number of nitrogens with zero attached hydrogens (tertiary/aromatic N) is 4. The number of hydrogen-bond acceptors (Lipinski definition) is 3. The van der Waals surface area contributed by atoms with Crippen molar-refractivity contribution in [3.8, 4) is 17.3 Å². The summed E-state index contributed by atoms with van der Waals surface area (Å²) >= 11 is 0. The summed E-state index contributed by atoms with van der Waals surface area (Å²) in [7, 11) is 0. The topological polar surface area (TPSA) is 61.9 Å². The Balaban J connectivity index is 2.00. The van der Waals surface area contributed by atoms with E-state index in [4.69, 9.17) is 0 Å². The van der Waals surface area contributed by atoms with Crippen LogP contribution >= 0.6 is 0 Å². The highest BCUT2D eigenvalue weighted by molar-refractivity contribution is 6.00. The van der Waals surface area contributed by atoms with Crippen LogP contribution < -0.4 is 0 Å². The van der Waals surface area contributed by atoms with Gasteiger partial charge in [-0.25, -0.2) is 0 Å². The summed E-state index contributed by atoms with van der Waals surface area (Å²) in [6.45, 7) is 10.0. The van der Waals surface area contributed by atoms with Crippen molar-refractivity contribution in [1.29, 1.82) is 5.26 Å². The molecule has 3 rings (SSSR count). The van der Waals surface area contributed by atoms with Gasteiger partial charge in [0.1, 0.15) is 0 Å². The summed E-state index contributed by atoms with van der Waals surface area (Å²) < 4.78 is 1.89. The molecule has 136 valence electrons. The van der Waals surface area contributed by atoms with Crippen molar-refractivity contribution in [2.45, 2.75) is 46.1 Å². The van der Waals surface area contributed by atoms with Gasteiger partial charge < -0.3 is 4.90 Å². The van der Waals surface area contributed by atoms with E-state index in [0.29, 0.717) is 17.0 Å². The molecule has 0 N–H and O–H groups in total. The molecule has 1 aromatic carbocycles. The average molecular weight is 350 g/mol. The molecule has 1 saturated heterocycles. The molecular weight excluding hydrogens is 324 g/mol. The molecule has 5 heteroatoms. The number of benzene rings is 1. The second-order valence-corrected chi connectivity index (χ2v) is 8.16. The van der Waals surface area contributed by atoms with Gasteiger partial charge in [0.2, 0.25) is 0 Å². The van der Waals surface area contributed by atoms with Crippen molar-refractivity contribution in [1.82, 2.24) is 14.7 Å². The number of rotatable bonds is 2. The number of piperidine rings is 1. The minimum atomic E-state index is -0.141. The fourth-order valence-corrected chi connectivity index (χ4v) is 3.24. The van der Waals surface area contributed by atoms with E-state index >= 15 is 0 Å². The highest BCUT2D eigenvalue weighted by atomic mass is 16.2. The van der Waals surface area contributed by atoms with Crippen molar-refractivity contribution >= 4 is 5.91 Å². The van der Waals surface area contributed by atoms with Crippen LogP contribution in [0.5, 0.6) is 0 Å². The smallest absolute Gasteiger partial charge is 0.254 e. The van der Waals surface area contributed by atoms with Crippen LogP contribution in [0.15, 0.2) is 30.5 Å². The largest absolute Gasteiger partial charge is 0.339 e. The predicted octanol–water partition coefficient (Wildman–Crippen LogP) is 4.05. The molecule has 1 aliphatic rings. The van der Waals surface area contributed by atoms with Gasteiger partial charge in [0, 0.05) is 30.4 Å². The molecule has 1 aromatic heterocycles. The first-order valence-electron chi connectivity index (χ1n) is 9.19. The maximum Gasteiger partial charge on any atom is 0.254 e. The van der Waals surface area contributed by atoms with Crippen LogP contribution in [0.3, 0.4) is 0 Å². The fourth-order valence-electron chi connectivity index (χ4n) is 3.24. The SMILES string of the molecule is CC1CCN(C(=O)c2ccc(C#N)cc2-c2ccn(C(C)(C)C)n2)CC1. The zero-order valence-electron chi connectivity index (χ0n) is 16.0. The third-order valence-corrected chi connectivity index (χ3v) is 5.00. The quantitative estimate of drug-likeness (QED) is 0.821. The molecule has 0 bridgehead atoms. The van der Waals surface area contributed by atoms with Crippen molar-refractivity contribution in [3.63, 3.8) is 0 Å². The fraction of sp³-hybridized carbons (Fsp3) is 0.476. The molecule has 0 saturated carbocycles. The number of amides is 1. The zero-order chi connectivity index (χ0) is 18.9. The Morgan fingerprint density at radius 3 is 2.50 bits per heavy atom. The van der Waals surface area contributed by atoms with Gasteiger partial charge in [-0.05, 0) is 63.8 Å². The van der Waals surface area contributed by atoms with E-state index < -0.39 is 0 Å². The highest BCUT2D eigenvalue weighted by Crippen LogP contribution is 2.28. The van der Waals surface area contributed by atoms with Crippen molar-refractivity contribution in [2.24, 2.45) is 5.92 Å². The lowest BCUT2D eigenvalue weighted by Crippen LogP contribution is -2.38. The summed E-state index contributed by atoms with van der Waals surface area (Å²) in [6.07, 6.45) is 4.00. The van der Waals surface area contributed by atoms with Gasteiger partial charge in [0.15, 0.2) is 0 Å². The maximum absolute atomic E-state index is 13.1. The zero-order valence-corrected chi connectivity index (χ0v) is 16.0. The van der Waals surface area contributed by atoms with E-state index in [1.807, 2.05) is 21.8 Å². The van der Waals surface area contributed by atoms with Gasteiger partial charge in [0.25, 0.3) is 5.91 Å². The van der Waals surface area contributed by atoms with E-state index in [1.54, 1.807) is 18.2 Å². The number of hydrogen-bond donors (Lipinski definition) is 0. The lowest BCUT2D eigenvalue weighted by Gasteiger charge is -2.30. The Bertz CT molecular complexity index is 846. The van der Waals surface area contributed by atoms with Gasteiger partial charge in [-0.2, -0.15) is 10.4 Å². The summed E-state index contributed by atoms with van der Waals surface area (Å²) in [5.74, 6) is 0.698. The Morgan fingerprint density at radius 1 is 1.23 bits per heavy atom. The van der Waals surface area contributed by atoms with Crippen LogP contribution in [0.2, 0.25) is 0 Å². The van der Waals surface area contributed by atoms with E-state index in [-0.39, 0.29) is 11.4 Å². The normalized spacial score (nSPS) is 15.7. The van der Waals surface area contributed by atoms with Gasteiger partial charge >= 0.3 is 0 Å². The van der Waals surface area contributed by atoms with Crippen LogP contribution in [0, 0.1) is 17.2 Å². The van der Waals surface area contributed by atoms with Crippen LogP contribution in [0.1, 0.15) is 56.5 Å². The lowest BCUT2D eigenvalue weighted by molar-refractivity contribution is 0.0698. The second kappa shape index (κ2) is 6.95. The highest BCUT2D eigenvalue weighted by Gasteiger charge is 2.25. The van der Waals surface area contributed by atoms with E-state index in [9.17, 15) is 10.1 Å². The first-order valence-corrected chi connectivity index (χ1v) is 9.19. The Morgan fingerprint density at radius 2 is 1.92 bits per heavy atom. The molecule has 0 spiro atoms. The van der Waals surface area contributed by atoms with Gasteiger partial charge in [0.05, 0.1) is 22.9 Å². The van der Waals surface area contributed by atoms with Crippen LogP contribution in [-0.4, -0.2) is 33.7 Å². The predicted molar refractivity (Wildman–Crippen MR) is 102 cm³/mol. The summed E-state index contributed by atoms with van der Waals surface area (Å²) in [5.41, 5.74) is 2.48. The number of likely N-dealkylation sites (tertiary alicyclic amines) is 1. The Kier molecular flexibility index (Phi) is 4.86. The van der Waals surface area contributed by atoms with E-state index in [2.05, 4.69) is 38.9 Å². The molecule has 1 amide bonds. The average Bonchev–Trinajstić information content (AvgIpc) is 3.11. The van der Waals surface area contributed by atoms with Crippen molar-refractivity contribution in [2.75, 3.05) is 13.1 Å². The maximum atomic E-state index is 13.1. The summed E-state index contributed by atoms with van der Waals surface area (Å²) in [4.78, 5) is 15.0. The number of aromatic nitrogens is 2. The molecule has 0 unspecified atom stereocenters. The number of carbonyl (C=O) groups is 1. The first-order chi connectivity index (χ1) is 12.3. The van der Waals surface area contributed by atoms with Gasteiger partial charge in [-0.1, -0.05) is 6.92 Å². The minimum absolute atomic E-state index is 0.0294. The molecule has 26 heavy (non-hydrogen) atoms. The van der Waals surface area contributed by atoms with E-state index in [1.165, 1.54) is 0 Å². The van der Waals surface area contributed by atoms with Crippen molar-refractivity contribution in [3.05, 3.63) is 41.6 Å². The Hall–Kier alpha value is -2.61. The summed E-state index contributed by atoms with van der Waals surface area (Å²) in [5, 5.41) is 13.9. The monoisotopic (exact) mass is 350 g/mol. The molecule has 2 aromatic rings. The Labute approximate surface area is 155 Å². The van der Waals surface area contributed by atoms with E-state index in [0.717, 1.165) is 37.2 Å². The molecular formula is C21H26N4O. The molecule has 1 aliphatic heterocycles. The molecule has 0 radical (unpaired) electrons. The molecule has 0 atom stereocenters. The molecule has 2 heterocycles. The molecule has 5 nitrogen and oxygen atoms in total. The van der Waals surface area contributed by atoms with Crippen LogP contribution in [0.25, 0.3) is 11.3 Å². The standard InChI is InChI=1S/C21H26N4O/c1-15-7-10-24(11-8-15)20(26)17-6-5-16(14-22)13-18(17)19-9-12-25(23-19)21(2,3)4/h5-6,9,12-13,15H,7-8,10-11H2,1-4H3. The van der Waals surface area contributed by atoms with Crippen molar-refractivity contribution < 1.29 is 4.79 Å². The van der Waals surface area contributed by atoms with Gasteiger partial charge in [-0.15, -0.1) is 0 Å². The third kappa shape index (κ3) is 3.65. The minimum Gasteiger partial charge on any atom is -0.339 e. The molecule has 1 fully saturated rings. The van der Waals surface area contributed by atoms with Gasteiger partial charge in [-0.3, -0.25) is 9.48 Å². The first kappa shape index (κ1) is 18.2. The molecule has 0 aliphatic carbocycles. The van der Waals surface area contributed by atoms with Crippen LogP contribution in [-0.2, 0) is 5.54 Å². The summed E-state index contributed by atoms with van der Waals surface area (Å²) in [6, 6.07) is 9.33. The lowest BCUT2D eigenvalue weighted by atomic mass is 9.96.